The van der Waals surface area contributed by atoms with Crippen molar-refractivity contribution >= 4 is 32.4 Å². The number of aryl methyl sites for hydroxylation is 2. The molecule has 6 nitrogen and oxygen atoms in total. The van der Waals surface area contributed by atoms with Crippen LogP contribution in [0.1, 0.15) is 5.56 Å². The standard InChI is InChI=1S/C26H23NO5/c1-14-6-7-16-18-9-8-17-19(23(18)27(2)26(28)22(16)24(14)30-4)12-20(29-3)25(31-5)21(17)15-10-11-32-13-15/h6-13H,1-5H3. The van der Waals surface area contributed by atoms with Crippen LogP contribution >= 0.6 is 0 Å². The molecule has 0 unspecified atom stereocenters. The predicted octanol–water partition coefficient (Wildman–Crippen LogP) is 5.44. The quantitative estimate of drug-likeness (QED) is 0.356. The lowest BCUT2D eigenvalue weighted by Crippen LogP contribution is -2.18. The van der Waals surface area contributed by atoms with Crippen LogP contribution in [0.3, 0.4) is 0 Å². The molecule has 6 heteroatoms. The maximum absolute atomic E-state index is 13.5. The van der Waals surface area contributed by atoms with Crippen molar-refractivity contribution in [1.82, 2.24) is 4.57 Å². The molecule has 0 aliphatic heterocycles. The summed E-state index contributed by atoms with van der Waals surface area (Å²) < 4.78 is 24.0. The third kappa shape index (κ3) is 2.62. The van der Waals surface area contributed by atoms with Crippen molar-refractivity contribution in [2.24, 2.45) is 7.05 Å². The van der Waals surface area contributed by atoms with Crippen LogP contribution in [0.5, 0.6) is 17.2 Å². The van der Waals surface area contributed by atoms with Crippen molar-refractivity contribution in [3.8, 4) is 28.4 Å². The van der Waals surface area contributed by atoms with E-state index in [1.165, 1.54) is 0 Å². The Hall–Kier alpha value is -3.93. The van der Waals surface area contributed by atoms with Gasteiger partial charge in [0.2, 0.25) is 0 Å². The van der Waals surface area contributed by atoms with Crippen LogP contribution in [0.4, 0.5) is 0 Å². The average molecular weight is 429 g/mol. The monoisotopic (exact) mass is 429 g/mol. The third-order valence-electron chi connectivity index (χ3n) is 6.15. The van der Waals surface area contributed by atoms with E-state index in [0.717, 1.165) is 43.8 Å². The first-order valence-corrected chi connectivity index (χ1v) is 10.2. The van der Waals surface area contributed by atoms with Gasteiger partial charge in [0.05, 0.1) is 44.8 Å². The van der Waals surface area contributed by atoms with Crippen molar-refractivity contribution in [3.05, 3.63) is 64.8 Å². The van der Waals surface area contributed by atoms with E-state index in [9.17, 15) is 4.79 Å². The largest absolute Gasteiger partial charge is 0.496 e. The molecule has 5 aromatic rings. The Kier molecular flexibility index (Phi) is 4.59. The molecule has 162 valence electrons. The van der Waals surface area contributed by atoms with Crippen LogP contribution in [-0.4, -0.2) is 25.9 Å². The molecule has 0 radical (unpaired) electrons. The van der Waals surface area contributed by atoms with Gasteiger partial charge in [-0.2, -0.15) is 0 Å². The van der Waals surface area contributed by atoms with Gasteiger partial charge in [0.1, 0.15) is 5.75 Å². The summed E-state index contributed by atoms with van der Waals surface area (Å²) in [6.45, 7) is 1.94. The molecule has 32 heavy (non-hydrogen) atoms. The second-order valence-corrected chi connectivity index (χ2v) is 7.76. The Morgan fingerprint density at radius 3 is 2.22 bits per heavy atom. The zero-order valence-corrected chi connectivity index (χ0v) is 18.6. The Labute approximate surface area is 184 Å². The van der Waals surface area contributed by atoms with Gasteiger partial charge in [0.15, 0.2) is 11.5 Å². The van der Waals surface area contributed by atoms with Gasteiger partial charge >= 0.3 is 0 Å². The lowest BCUT2D eigenvalue weighted by Gasteiger charge is -2.19. The molecular formula is C26H23NO5. The minimum Gasteiger partial charge on any atom is -0.496 e. The Balaban J connectivity index is 2.05. The molecule has 0 fully saturated rings. The van der Waals surface area contributed by atoms with E-state index >= 15 is 0 Å². The molecule has 0 N–H and O–H groups in total. The number of benzene rings is 3. The molecule has 0 atom stereocenters. The molecule has 0 bridgehead atoms. The zero-order chi connectivity index (χ0) is 22.6. The molecule has 0 aliphatic carbocycles. The fourth-order valence-corrected chi connectivity index (χ4v) is 4.70. The molecule has 3 aromatic carbocycles. The van der Waals surface area contributed by atoms with Gasteiger partial charge < -0.3 is 23.2 Å². The molecular weight excluding hydrogens is 406 g/mol. The highest BCUT2D eigenvalue weighted by Crippen LogP contribution is 2.46. The van der Waals surface area contributed by atoms with E-state index in [0.29, 0.717) is 22.6 Å². The highest BCUT2D eigenvalue weighted by atomic mass is 16.5. The number of hydrogen-bond donors (Lipinski definition) is 0. The summed E-state index contributed by atoms with van der Waals surface area (Å²) in [5, 5.41) is 4.21. The normalized spacial score (nSPS) is 11.4. The maximum Gasteiger partial charge on any atom is 0.262 e. The zero-order valence-electron chi connectivity index (χ0n) is 18.6. The second kappa shape index (κ2) is 7.34. The molecule has 2 heterocycles. The highest BCUT2D eigenvalue weighted by Gasteiger charge is 2.22. The molecule has 2 aromatic heterocycles. The third-order valence-corrected chi connectivity index (χ3v) is 6.15. The van der Waals surface area contributed by atoms with Crippen LogP contribution in [-0.2, 0) is 7.05 Å². The molecule has 0 aliphatic rings. The summed E-state index contributed by atoms with van der Waals surface area (Å²) in [6.07, 6.45) is 3.30. The SMILES string of the molecule is COc1cc2c(ccc3c4ccc(C)c(OC)c4c(=O)n(C)c23)c(-c2ccoc2)c1OC. The highest BCUT2D eigenvalue weighted by molar-refractivity contribution is 6.19. The van der Waals surface area contributed by atoms with Crippen molar-refractivity contribution < 1.29 is 18.6 Å². The van der Waals surface area contributed by atoms with Crippen LogP contribution < -0.4 is 19.8 Å². The number of hydrogen-bond acceptors (Lipinski definition) is 5. The lowest BCUT2D eigenvalue weighted by atomic mass is 9.94. The molecule has 0 amide bonds. The van der Waals surface area contributed by atoms with E-state index < -0.39 is 0 Å². The molecule has 0 spiro atoms. The average Bonchev–Trinajstić information content (AvgIpc) is 3.34. The number of fused-ring (bicyclic) bond motifs is 5. The van der Waals surface area contributed by atoms with Crippen molar-refractivity contribution in [1.29, 1.82) is 0 Å². The van der Waals surface area contributed by atoms with Crippen molar-refractivity contribution in [2.45, 2.75) is 6.92 Å². The number of ether oxygens (including phenoxy) is 3. The van der Waals surface area contributed by atoms with E-state index in [2.05, 4.69) is 6.07 Å². The van der Waals surface area contributed by atoms with Gasteiger partial charge in [0.25, 0.3) is 5.56 Å². The van der Waals surface area contributed by atoms with Crippen LogP contribution in [0.2, 0.25) is 0 Å². The smallest absolute Gasteiger partial charge is 0.262 e. The fraction of sp³-hybridized carbons (Fsp3) is 0.192. The molecule has 5 rings (SSSR count). The summed E-state index contributed by atoms with van der Waals surface area (Å²) >= 11 is 0. The maximum atomic E-state index is 13.5. The van der Waals surface area contributed by atoms with E-state index in [4.69, 9.17) is 18.6 Å². The number of pyridine rings is 1. The van der Waals surface area contributed by atoms with Crippen LogP contribution in [0, 0.1) is 6.92 Å². The van der Waals surface area contributed by atoms with E-state index in [-0.39, 0.29) is 5.56 Å². The summed E-state index contributed by atoms with van der Waals surface area (Å²) in [5.41, 5.74) is 3.35. The van der Waals surface area contributed by atoms with Gasteiger partial charge in [-0.15, -0.1) is 0 Å². The minimum absolute atomic E-state index is 0.111. The summed E-state index contributed by atoms with van der Waals surface area (Å²) in [4.78, 5) is 13.5. The van der Waals surface area contributed by atoms with Crippen molar-refractivity contribution in [2.75, 3.05) is 21.3 Å². The second-order valence-electron chi connectivity index (χ2n) is 7.76. The first-order valence-electron chi connectivity index (χ1n) is 10.2. The Morgan fingerprint density at radius 1 is 0.844 bits per heavy atom. The number of rotatable bonds is 4. The molecule has 0 saturated carbocycles. The van der Waals surface area contributed by atoms with Gasteiger partial charge in [-0.1, -0.05) is 24.3 Å². The van der Waals surface area contributed by atoms with Crippen LogP contribution in [0.25, 0.3) is 43.6 Å². The number of aromatic nitrogens is 1. The molecule has 0 saturated heterocycles. The van der Waals surface area contributed by atoms with Gasteiger partial charge in [-0.3, -0.25) is 4.79 Å². The first kappa shape index (κ1) is 20.0. The van der Waals surface area contributed by atoms with E-state index in [1.807, 2.05) is 37.3 Å². The number of nitrogens with zero attached hydrogens (tertiary/aromatic N) is 1. The van der Waals surface area contributed by atoms with Gasteiger partial charge in [-0.25, -0.2) is 0 Å². The summed E-state index contributed by atoms with van der Waals surface area (Å²) in [5.74, 6) is 1.80. The Morgan fingerprint density at radius 2 is 1.56 bits per heavy atom. The summed E-state index contributed by atoms with van der Waals surface area (Å²) in [6, 6.07) is 11.9. The van der Waals surface area contributed by atoms with Gasteiger partial charge in [-0.05, 0) is 30.0 Å². The number of methoxy groups -OCH3 is 3. The fourth-order valence-electron chi connectivity index (χ4n) is 4.70. The first-order chi connectivity index (χ1) is 15.5. The van der Waals surface area contributed by atoms with Crippen molar-refractivity contribution in [3.63, 3.8) is 0 Å². The predicted molar refractivity (Wildman–Crippen MR) is 126 cm³/mol. The Bertz CT molecular complexity index is 1560. The van der Waals surface area contributed by atoms with Gasteiger partial charge in [0, 0.05) is 34.3 Å². The van der Waals surface area contributed by atoms with E-state index in [1.54, 1.807) is 45.5 Å². The minimum atomic E-state index is -0.111. The summed E-state index contributed by atoms with van der Waals surface area (Å²) in [7, 11) is 6.61. The lowest BCUT2D eigenvalue weighted by molar-refractivity contribution is 0.357. The van der Waals surface area contributed by atoms with Crippen LogP contribution in [0.15, 0.2) is 58.1 Å². The topological polar surface area (TPSA) is 62.8 Å². The number of furan rings is 1.